The van der Waals surface area contributed by atoms with Crippen LogP contribution in [0.3, 0.4) is 0 Å². The number of nitrogens with zero attached hydrogens (tertiary/aromatic N) is 1. The van der Waals surface area contributed by atoms with E-state index in [4.69, 9.17) is 10.5 Å². The number of rotatable bonds is 4. The van der Waals surface area contributed by atoms with Crippen molar-refractivity contribution < 1.29 is 4.74 Å². The van der Waals surface area contributed by atoms with Crippen molar-refractivity contribution in [1.29, 1.82) is 0 Å². The van der Waals surface area contributed by atoms with Gasteiger partial charge in [-0.05, 0) is 74.2 Å². The molecule has 0 unspecified atom stereocenters. The van der Waals surface area contributed by atoms with Gasteiger partial charge in [0.05, 0.1) is 12.2 Å². The van der Waals surface area contributed by atoms with E-state index in [0.717, 1.165) is 19.6 Å². The molecule has 2 aromatic carbocycles. The lowest BCUT2D eigenvalue weighted by Crippen LogP contribution is -2.45. The van der Waals surface area contributed by atoms with Crippen LogP contribution in [0.1, 0.15) is 26.7 Å². The van der Waals surface area contributed by atoms with Gasteiger partial charge in [-0.3, -0.25) is 0 Å². The van der Waals surface area contributed by atoms with Gasteiger partial charge in [0.1, 0.15) is 0 Å². The van der Waals surface area contributed by atoms with Gasteiger partial charge < -0.3 is 20.7 Å². The lowest BCUT2D eigenvalue weighted by atomic mass is 9.80. The van der Waals surface area contributed by atoms with Crippen molar-refractivity contribution in [1.82, 2.24) is 0 Å². The van der Waals surface area contributed by atoms with E-state index in [1.165, 1.54) is 35.0 Å². The highest BCUT2D eigenvalue weighted by atomic mass is 16.5. The Morgan fingerprint density at radius 3 is 2.44 bits per heavy atom. The molecule has 134 valence electrons. The second-order valence-electron chi connectivity index (χ2n) is 7.82. The number of nitrogens with two attached hydrogens (primary N) is 1. The zero-order chi connectivity index (χ0) is 17.4. The van der Waals surface area contributed by atoms with E-state index < -0.39 is 0 Å². The van der Waals surface area contributed by atoms with Crippen molar-refractivity contribution >= 4 is 22.1 Å². The summed E-state index contributed by atoms with van der Waals surface area (Å²) in [6, 6.07) is 14.1. The average molecular weight is 339 g/mol. The van der Waals surface area contributed by atoms with Crippen LogP contribution >= 0.6 is 0 Å². The Morgan fingerprint density at radius 2 is 1.72 bits per heavy atom. The van der Waals surface area contributed by atoms with Crippen LogP contribution in [-0.4, -0.2) is 37.9 Å². The Bertz CT molecular complexity index is 731. The third kappa shape index (κ3) is 3.60. The summed E-state index contributed by atoms with van der Waals surface area (Å²) < 4.78 is 5.85. The molecule has 0 amide bonds. The zero-order valence-electron chi connectivity index (χ0n) is 15.2. The van der Waals surface area contributed by atoms with E-state index in [1.807, 2.05) is 0 Å². The normalized spacial score (nSPS) is 29.5. The molecule has 2 aromatic rings. The van der Waals surface area contributed by atoms with Gasteiger partial charge in [-0.2, -0.15) is 0 Å². The summed E-state index contributed by atoms with van der Waals surface area (Å²) in [5.41, 5.74) is 8.23. The van der Waals surface area contributed by atoms with Gasteiger partial charge in [-0.1, -0.05) is 12.1 Å². The first-order valence-electron chi connectivity index (χ1n) is 9.51. The number of fused-ring (bicyclic) bond motifs is 1. The van der Waals surface area contributed by atoms with E-state index in [-0.39, 0.29) is 12.2 Å². The molecule has 4 heteroatoms. The third-order valence-corrected chi connectivity index (χ3v) is 5.55. The highest BCUT2D eigenvalue weighted by Crippen LogP contribution is 2.31. The number of hydrogen-bond donors (Lipinski definition) is 2. The largest absolute Gasteiger partial charge is 0.382 e. The lowest BCUT2D eigenvalue weighted by Gasteiger charge is -2.37. The molecule has 1 heterocycles. The van der Waals surface area contributed by atoms with Gasteiger partial charge in [-0.25, -0.2) is 0 Å². The van der Waals surface area contributed by atoms with Crippen LogP contribution < -0.4 is 16.0 Å². The van der Waals surface area contributed by atoms with Crippen molar-refractivity contribution in [2.75, 3.05) is 29.9 Å². The SMILES string of the molecule is C[C@@H]1CN(c2ccc3cc(NC4CC(CN)C4)ccc3c2)C[C@H](C)O1. The minimum Gasteiger partial charge on any atom is -0.382 e. The minimum absolute atomic E-state index is 0.283. The summed E-state index contributed by atoms with van der Waals surface area (Å²) in [6.45, 7) is 7.03. The Balaban J connectivity index is 1.49. The van der Waals surface area contributed by atoms with Crippen LogP contribution in [0.2, 0.25) is 0 Å². The Kier molecular flexibility index (Phi) is 4.57. The van der Waals surface area contributed by atoms with Gasteiger partial charge in [0.2, 0.25) is 0 Å². The number of morpholine rings is 1. The van der Waals surface area contributed by atoms with Crippen molar-refractivity contribution in [2.45, 2.75) is 44.9 Å². The summed E-state index contributed by atoms with van der Waals surface area (Å²) in [5.74, 6) is 0.707. The molecule has 2 atom stereocenters. The van der Waals surface area contributed by atoms with Gasteiger partial charge in [-0.15, -0.1) is 0 Å². The molecule has 0 aromatic heterocycles. The van der Waals surface area contributed by atoms with Crippen molar-refractivity contribution in [3.8, 4) is 0 Å². The van der Waals surface area contributed by atoms with Gasteiger partial charge >= 0.3 is 0 Å². The molecular weight excluding hydrogens is 310 g/mol. The molecule has 4 nitrogen and oxygen atoms in total. The topological polar surface area (TPSA) is 50.5 Å². The standard InChI is InChI=1S/C21H29N3O/c1-14-12-24(13-15(2)25-14)21-6-4-17-9-19(5-3-18(17)10-21)23-20-7-16(8-20)11-22/h3-6,9-10,14-16,20,23H,7-8,11-13,22H2,1-2H3/t14-,15+,16?,20?. The fourth-order valence-electron chi connectivity index (χ4n) is 4.19. The highest BCUT2D eigenvalue weighted by molar-refractivity contribution is 5.88. The maximum absolute atomic E-state index is 5.85. The second-order valence-corrected chi connectivity index (χ2v) is 7.82. The van der Waals surface area contributed by atoms with E-state index in [1.54, 1.807) is 0 Å². The second kappa shape index (κ2) is 6.85. The molecular formula is C21H29N3O. The minimum atomic E-state index is 0.283. The number of benzene rings is 2. The molecule has 1 saturated carbocycles. The van der Waals surface area contributed by atoms with Crippen LogP contribution in [0, 0.1) is 5.92 Å². The lowest BCUT2D eigenvalue weighted by molar-refractivity contribution is -0.00520. The average Bonchev–Trinajstić information content (AvgIpc) is 2.56. The quantitative estimate of drug-likeness (QED) is 0.893. The molecule has 0 radical (unpaired) electrons. The van der Waals surface area contributed by atoms with Crippen LogP contribution in [-0.2, 0) is 4.74 Å². The summed E-state index contributed by atoms with van der Waals surface area (Å²) in [6.07, 6.45) is 2.96. The predicted molar refractivity (Wildman–Crippen MR) is 105 cm³/mol. The van der Waals surface area contributed by atoms with Gasteiger partial charge in [0.15, 0.2) is 0 Å². The molecule has 1 aliphatic carbocycles. The number of hydrogen-bond acceptors (Lipinski definition) is 4. The van der Waals surface area contributed by atoms with Crippen LogP contribution in [0.15, 0.2) is 36.4 Å². The van der Waals surface area contributed by atoms with E-state index in [2.05, 4.69) is 60.5 Å². The van der Waals surface area contributed by atoms with Crippen molar-refractivity contribution in [2.24, 2.45) is 11.7 Å². The summed E-state index contributed by atoms with van der Waals surface area (Å²) in [5, 5.41) is 6.23. The van der Waals surface area contributed by atoms with Crippen LogP contribution in [0.25, 0.3) is 10.8 Å². The van der Waals surface area contributed by atoms with Crippen LogP contribution in [0.5, 0.6) is 0 Å². The van der Waals surface area contributed by atoms with Crippen LogP contribution in [0.4, 0.5) is 11.4 Å². The smallest absolute Gasteiger partial charge is 0.0726 e. The fourth-order valence-corrected chi connectivity index (χ4v) is 4.19. The Labute approximate surface area is 150 Å². The van der Waals surface area contributed by atoms with E-state index in [0.29, 0.717) is 12.0 Å². The number of nitrogens with one attached hydrogen (secondary N) is 1. The van der Waals surface area contributed by atoms with Gasteiger partial charge in [0, 0.05) is 30.5 Å². The molecule has 2 fully saturated rings. The predicted octanol–water partition coefficient (Wildman–Crippen LogP) is 3.60. The first kappa shape index (κ1) is 16.7. The Morgan fingerprint density at radius 1 is 1.04 bits per heavy atom. The first-order valence-corrected chi connectivity index (χ1v) is 9.51. The van der Waals surface area contributed by atoms with Gasteiger partial charge in [0.25, 0.3) is 0 Å². The number of ether oxygens (including phenoxy) is 1. The van der Waals surface area contributed by atoms with E-state index >= 15 is 0 Å². The summed E-state index contributed by atoms with van der Waals surface area (Å²) >= 11 is 0. The molecule has 1 saturated heterocycles. The third-order valence-electron chi connectivity index (χ3n) is 5.55. The molecule has 3 N–H and O–H groups in total. The molecule has 0 spiro atoms. The maximum Gasteiger partial charge on any atom is 0.0726 e. The summed E-state index contributed by atoms with van der Waals surface area (Å²) in [4.78, 5) is 2.44. The molecule has 25 heavy (non-hydrogen) atoms. The maximum atomic E-state index is 5.85. The monoisotopic (exact) mass is 339 g/mol. The molecule has 4 rings (SSSR count). The van der Waals surface area contributed by atoms with Crippen molar-refractivity contribution in [3.63, 3.8) is 0 Å². The molecule has 0 bridgehead atoms. The zero-order valence-corrected chi connectivity index (χ0v) is 15.2. The van der Waals surface area contributed by atoms with E-state index in [9.17, 15) is 0 Å². The highest BCUT2D eigenvalue weighted by Gasteiger charge is 2.27. The number of anilines is 2. The molecule has 2 aliphatic rings. The fraction of sp³-hybridized carbons (Fsp3) is 0.524. The van der Waals surface area contributed by atoms with Crippen molar-refractivity contribution in [3.05, 3.63) is 36.4 Å². The first-order chi connectivity index (χ1) is 12.1. The Hall–Kier alpha value is -1.78. The molecule has 1 aliphatic heterocycles. The summed E-state index contributed by atoms with van der Waals surface area (Å²) in [7, 11) is 0.